The van der Waals surface area contributed by atoms with Crippen molar-refractivity contribution in [1.82, 2.24) is 10.2 Å². The van der Waals surface area contributed by atoms with E-state index < -0.39 is 17.4 Å². The molecule has 1 rings (SSSR count). The molecule has 0 aromatic rings. The molecule has 1 unspecified atom stereocenters. The van der Waals surface area contributed by atoms with E-state index in [9.17, 15) is 9.59 Å². The van der Waals surface area contributed by atoms with E-state index in [-0.39, 0.29) is 25.1 Å². The largest absolute Gasteiger partial charge is 0.444 e. The van der Waals surface area contributed by atoms with E-state index in [4.69, 9.17) is 14.2 Å². The number of carbonyl (C=O) groups excluding carboxylic acids is 2. The molecule has 7 nitrogen and oxygen atoms in total. The van der Waals surface area contributed by atoms with Crippen molar-refractivity contribution in [2.75, 3.05) is 20.4 Å². The molecule has 1 atom stereocenters. The maximum Gasteiger partial charge on any atom is 0.412 e. The van der Waals surface area contributed by atoms with E-state index >= 15 is 0 Å². The minimum atomic E-state index is -0.797. The Balaban J connectivity index is 2.75. The molecule has 1 N–H and O–H groups in total. The number of rotatable bonds is 4. The molecule has 21 heavy (non-hydrogen) atoms. The highest BCUT2D eigenvalue weighted by molar-refractivity contribution is 5.78. The molecule has 0 saturated carbocycles. The van der Waals surface area contributed by atoms with E-state index in [0.29, 0.717) is 6.61 Å². The zero-order valence-corrected chi connectivity index (χ0v) is 13.7. The standard InChI is InChI=1S/C14H26N2O5/c1-13(2,3)21-12(18)16-10(8-20-14(16,4)5)7-11(17)15-9-19-6/h10H,7-9H2,1-6H3,(H,15,17). The lowest BCUT2D eigenvalue weighted by atomic mass is 10.1. The van der Waals surface area contributed by atoms with Crippen molar-refractivity contribution in [2.45, 2.75) is 58.4 Å². The van der Waals surface area contributed by atoms with Gasteiger partial charge in [0.25, 0.3) is 0 Å². The third-order valence-electron chi connectivity index (χ3n) is 3.00. The van der Waals surface area contributed by atoms with Crippen molar-refractivity contribution < 1.29 is 23.8 Å². The summed E-state index contributed by atoms with van der Waals surface area (Å²) in [6.45, 7) is 9.40. The first-order valence-corrected chi connectivity index (χ1v) is 6.99. The van der Waals surface area contributed by atoms with Crippen LogP contribution in [0, 0.1) is 0 Å². The third kappa shape index (κ3) is 5.17. The maximum absolute atomic E-state index is 12.3. The number of hydrogen-bond donors (Lipinski definition) is 1. The number of methoxy groups -OCH3 is 1. The Morgan fingerprint density at radius 1 is 1.38 bits per heavy atom. The first-order valence-electron chi connectivity index (χ1n) is 6.99. The molecule has 0 aromatic heterocycles. The van der Waals surface area contributed by atoms with Crippen LogP contribution < -0.4 is 5.32 Å². The summed E-state index contributed by atoms with van der Waals surface area (Å²) < 4.78 is 15.8. The molecular weight excluding hydrogens is 276 g/mol. The summed E-state index contributed by atoms with van der Waals surface area (Å²) in [7, 11) is 1.50. The molecule has 2 amide bonds. The fourth-order valence-corrected chi connectivity index (χ4v) is 2.15. The highest BCUT2D eigenvalue weighted by Gasteiger charge is 2.46. The van der Waals surface area contributed by atoms with Crippen molar-refractivity contribution in [3.05, 3.63) is 0 Å². The van der Waals surface area contributed by atoms with Gasteiger partial charge in [0.15, 0.2) is 0 Å². The highest BCUT2D eigenvalue weighted by Crippen LogP contribution is 2.30. The Kier molecular flexibility index (Phi) is 5.58. The van der Waals surface area contributed by atoms with E-state index in [2.05, 4.69) is 5.32 Å². The van der Waals surface area contributed by atoms with Gasteiger partial charge in [0, 0.05) is 13.5 Å². The van der Waals surface area contributed by atoms with Crippen LogP contribution in [0.4, 0.5) is 4.79 Å². The molecule has 0 bridgehead atoms. The van der Waals surface area contributed by atoms with Crippen LogP contribution in [0.3, 0.4) is 0 Å². The molecule has 0 radical (unpaired) electrons. The van der Waals surface area contributed by atoms with Gasteiger partial charge in [-0.2, -0.15) is 0 Å². The summed E-state index contributed by atoms with van der Waals surface area (Å²) in [4.78, 5) is 25.6. The summed E-state index contributed by atoms with van der Waals surface area (Å²) in [6.07, 6.45) is -0.332. The first-order chi connectivity index (χ1) is 9.57. The minimum absolute atomic E-state index is 0.141. The molecule has 122 valence electrons. The maximum atomic E-state index is 12.3. The van der Waals surface area contributed by atoms with E-state index in [1.807, 2.05) is 0 Å². The molecule has 0 aliphatic carbocycles. The zero-order valence-electron chi connectivity index (χ0n) is 13.7. The molecule has 1 saturated heterocycles. The molecule has 1 aliphatic rings. The number of carbonyl (C=O) groups is 2. The van der Waals surface area contributed by atoms with Crippen LogP contribution in [0.1, 0.15) is 41.0 Å². The Hall–Kier alpha value is -1.34. The van der Waals surface area contributed by atoms with E-state index in [1.54, 1.807) is 34.6 Å². The van der Waals surface area contributed by atoms with Crippen molar-refractivity contribution in [3.63, 3.8) is 0 Å². The Morgan fingerprint density at radius 3 is 2.52 bits per heavy atom. The Morgan fingerprint density at radius 2 is 2.00 bits per heavy atom. The molecule has 7 heteroatoms. The predicted octanol–water partition coefficient (Wildman–Crippen LogP) is 1.47. The number of amides is 2. The van der Waals surface area contributed by atoms with Crippen LogP contribution in [0.2, 0.25) is 0 Å². The molecule has 1 aliphatic heterocycles. The molecule has 1 fully saturated rings. The van der Waals surface area contributed by atoms with E-state index in [1.165, 1.54) is 12.0 Å². The van der Waals surface area contributed by atoms with Crippen LogP contribution in [0.15, 0.2) is 0 Å². The smallest absolute Gasteiger partial charge is 0.412 e. The summed E-state index contributed by atoms with van der Waals surface area (Å²) in [6, 6.07) is -0.355. The van der Waals surface area contributed by atoms with Gasteiger partial charge >= 0.3 is 6.09 Å². The van der Waals surface area contributed by atoms with Crippen LogP contribution >= 0.6 is 0 Å². The summed E-state index contributed by atoms with van der Waals surface area (Å²) >= 11 is 0. The zero-order chi connectivity index (χ0) is 16.3. The molecule has 0 aromatic carbocycles. The van der Waals surface area contributed by atoms with Crippen molar-refractivity contribution in [2.24, 2.45) is 0 Å². The number of ether oxygens (including phenoxy) is 3. The quantitative estimate of drug-likeness (QED) is 0.796. The Bertz CT molecular complexity index is 389. The van der Waals surface area contributed by atoms with Crippen molar-refractivity contribution >= 4 is 12.0 Å². The number of nitrogens with one attached hydrogen (secondary N) is 1. The monoisotopic (exact) mass is 302 g/mol. The normalized spacial score (nSPS) is 21.2. The topological polar surface area (TPSA) is 77.1 Å². The second kappa shape index (κ2) is 6.62. The second-order valence-electron chi connectivity index (χ2n) is 6.50. The second-order valence-corrected chi connectivity index (χ2v) is 6.50. The first kappa shape index (κ1) is 17.7. The van der Waals surface area contributed by atoms with Gasteiger partial charge in [0.1, 0.15) is 18.1 Å². The lowest BCUT2D eigenvalue weighted by molar-refractivity contribution is -0.123. The van der Waals surface area contributed by atoms with Crippen LogP contribution in [-0.2, 0) is 19.0 Å². The van der Waals surface area contributed by atoms with Gasteiger partial charge in [-0.1, -0.05) is 0 Å². The van der Waals surface area contributed by atoms with Gasteiger partial charge in [-0.25, -0.2) is 4.79 Å². The Labute approximate surface area is 125 Å². The SMILES string of the molecule is COCNC(=O)CC1COC(C)(C)N1C(=O)OC(C)(C)C. The lowest BCUT2D eigenvalue weighted by Crippen LogP contribution is -2.50. The van der Waals surface area contributed by atoms with Gasteiger partial charge in [0.05, 0.1) is 12.6 Å². The van der Waals surface area contributed by atoms with Gasteiger partial charge in [-0.05, 0) is 34.6 Å². The van der Waals surface area contributed by atoms with Crippen LogP contribution in [-0.4, -0.2) is 54.7 Å². The van der Waals surface area contributed by atoms with Gasteiger partial charge in [-0.3, -0.25) is 9.69 Å². The van der Waals surface area contributed by atoms with E-state index in [0.717, 1.165) is 0 Å². The van der Waals surface area contributed by atoms with Crippen molar-refractivity contribution in [3.8, 4) is 0 Å². The third-order valence-corrected chi connectivity index (χ3v) is 3.00. The lowest BCUT2D eigenvalue weighted by Gasteiger charge is -2.34. The van der Waals surface area contributed by atoms with Crippen LogP contribution in [0.5, 0.6) is 0 Å². The highest BCUT2D eigenvalue weighted by atomic mass is 16.6. The molecular formula is C14H26N2O5. The fourth-order valence-electron chi connectivity index (χ4n) is 2.15. The fraction of sp³-hybridized carbons (Fsp3) is 0.857. The number of hydrogen-bond acceptors (Lipinski definition) is 5. The molecule has 0 spiro atoms. The van der Waals surface area contributed by atoms with Gasteiger partial charge in [-0.15, -0.1) is 0 Å². The number of nitrogens with zero attached hydrogens (tertiary/aromatic N) is 1. The summed E-state index contributed by atoms with van der Waals surface area (Å²) in [5.41, 5.74) is -1.40. The molecule has 1 heterocycles. The van der Waals surface area contributed by atoms with Crippen LogP contribution in [0.25, 0.3) is 0 Å². The van der Waals surface area contributed by atoms with Crippen molar-refractivity contribution in [1.29, 1.82) is 0 Å². The average Bonchev–Trinajstić information content (AvgIpc) is 2.59. The van der Waals surface area contributed by atoms with Gasteiger partial charge < -0.3 is 19.5 Å². The average molecular weight is 302 g/mol. The summed E-state index contributed by atoms with van der Waals surface area (Å²) in [5, 5.41) is 2.60. The summed E-state index contributed by atoms with van der Waals surface area (Å²) in [5.74, 6) is -0.197. The minimum Gasteiger partial charge on any atom is -0.444 e. The van der Waals surface area contributed by atoms with Gasteiger partial charge in [0.2, 0.25) is 5.91 Å². The predicted molar refractivity (Wildman–Crippen MR) is 76.5 cm³/mol.